The fraction of sp³-hybridized carbons (Fsp3) is 0.400. The molecule has 68 valence electrons. The van der Waals surface area contributed by atoms with Crippen LogP contribution in [0.5, 0.6) is 5.75 Å². The molecule has 0 saturated heterocycles. The lowest BCUT2D eigenvalue weighted by Gasteiger charge is -2.10. The normalized spacial score (nSPS) is 9.33. The summed E-state index contributed by atoms with van der Waals surface area (Å²) in [5.41, 5.74) is 1.27. The Kier molecular flexibility index (Phi) is 4.37. The molecule has 0 aromatic heterocycles. The fourth-order valence-corrected chi connectivity index (χ4v) is 1.14. The number of para-hydroxylation sites is 1. The molecule has 2 heteroatoms. The zero-order chi connectivity index (χ0) is 8.27. The topological polar surface area (TPSA) is 44.2 Å². The van der Waals surface area contributed by atoms with E-state index in [2.05, 4.69) is 19.9 Å². The van der Waals surface area contributed by atoms with E-state index in [4.69, 9.17) is 4.74 Å². The number of rotatable bonds is 2. The molecule has 0 heterocycles. The third kappa shape index (κ3) is 2.24. The molecule has 0 aliphatic rings. The predicted molar refractivity (Wildman–Crippen MR) is 52.1 cm³/mol. The van der Waals surface area contributed by atoms with Gasteiger partial charge in [0, 0.05) is 0 Å². The molecule has 1 rings (SSSR count). The molecule has 1 aromatic rings. The van der Waals surface area contributed by atoms with Gasteiger partial charge in [-0.2, -0.15) is 0 Å². The molecule has 0 radical (unpaired) electrons. The molecule has 3 N–H and O–H groups in total. The van der Waals surface area contributed by atoms with Crippen molar-refractivity contribution in [2.45, 2.75) is 19.8 Å². The monoisotopic (exact) mass is 167 g/mol. The van der Waals surface area contributed by atoms with Crippen LogP contribution in [0.4, 0.5) is 0 Å². The molecule has 0 amide bonds. The number of methoxy groups -OCH3 is 1. The van der Waals surface area contributed by atoms with Gasteiger partial charge in [0.05, 0.1) is 7.11 Å². The first-order chi connectivity index (χ1) is 5.25. The van der Waals surface area contributed by atoms with Crippen molar-refractivity contribution in [1.82, 2.24) is 6.15 Å². The summed E-state index contributed by atoms with van der Waals surface area (Å²) in [5.74, 6) is 1.52. The Bertz CT molecular complexity index is 233. The van der Waals surface area contributed by atoms with E-state index in [1.807, 2.05) is 18.2 Å². The fourth-order valence-electron chi connectivity index (χ4n) is 1.14. The van der Waals surface area contributed by atoms with Gasteiger partial charge in [-0.15, -0.1) is 0 Å². The molecular weight excluding hydrogens is 150 g/mol. The highest BCUT2D eigenvalue weighted by atomic mass is 16.5. The summed E-state index contributed by atoms with van der Waals surface area (Å²) in [4.78, 5) is 0. The Labute approximate surface area is 74.1 Å². The Morgan fingerprint density at radius 3 is 2.17 bits per heavy atom. The van der Waals surface area contributed by atoms with Gasteiger partial charge in [-0.25, -0.2) is 0 Å². The number of ether oxygens (including phenoxy) is 1. The van der Waals surface area contributed by atoms with Crippen LogP contribution in [0.15, 0.2) is 24.3 Å². The van der Waals surface area contributed by atoms with E-state index in [9.17, 15) is 0 Å². The third-order valence-corrected chi connectivity index (χ3v) is 1.76. The second-order valence-electron chi connectivity index (χ2n) is 2.90. The van der Waals surface area contributed by atoms with E-state index in [0.717, 1.165) is 5.75 Å². The van der Waals surface area contributed by atoms with Crippen molar-refractivity contribution < 1.29 is 4.74 Å². The molecule has 0 atom stereocenters. The lowest BCUT2D eigenvalue weighted by Crippen LogP contribution is -1.92. The third-order valence-electron chi connectivity index (χ3n) is 1.76. The molecule has 12 heavy (non-hydrogen) atoms. The van der Waals surface area contributed by atoms with E-state index < -0.39 is 0 Å². The standard InChI is InChI=1S/C10H14O.H3N/c1-8(2)9-6-4-5-7-10(9)11-3;/h4-8H,1-3H3;1H3. The van der Waals surface area contributed by atoms with Crippen molar-refractivity contribution in [1.29, 1.82) is 0 Å². The quantitative estimate of drug-likeness (QED) is 0.735. The summed E-state index contributed by atoms with van der Waals surface area (Å²) < 4.78 is 5.21. The minimum Gasteiger partial charge on any atom is -0.496 e. The summed E-state index contributed by atoms with van der Waals surface area (Å²) in [7, 11) is 1.71. The van der Waals surface area contributed by atoms with Crippen molar-refractivity contribution in [2.24, 2.45) is 0 Å². The zero-order valence-corrected chi connectivity index (χ0v) is 8.00. The highest BCUT2D eigenvalue weighted by molar-refractivity contribution is 5.35. The number of hydrogen-bond acceptors (Lipinski definition) is 2. The van der Waals surface area contributed by atoms with Crippen molar-refractivity contribution in [3.63, 3.8) is 0 Å². The van der Waals surface area contributed by atoms with Crippen LogP contribution in [-0.2, 0) is 0 Å². The summed E-state index contributed by atoms with van der Waals surface area (Å²) >= 11 is 0. The van der Waals surface area contributed by atoms with Crippen LogP contribution < -0.4 is 10.9 Å². The molecule has 0 fully saturated rings. The smallest absolute Gasteiger partial charge is 0.122 e. The first-order valence-corrected chi connectivity index (χ1v) is 3.88. The molecule has 2 nitrogen and oxygen atoms in total. The van der Waals surface area contributed by atoms with Crippen molar-refractivity contribution >= 4 is 0 Å². The summed E-state index contributed by atoms with van der Waals surface area (Å²) in [5, 5.41) is 0. The van der Waals surface area contributed by atoms with Gasteiger partial charge in [-0.3, -0.25) is 0 Å². The largest absolute Gasteiger partial charge is 0.496 e. The van der Waals surface area contributed by atoms with E-state index in [1.165, 1.54) is 5.56 Å². The highest BCUT2D eigenvalue weighted by Crippen LogP contribution is 2.24. The Balaban J connectivity index is 0.00000121. The first kappa shape index (κ1) is 11.0. The Morgan fingerprint density at radius 1 is 1.17 bits per heavy atom. The van der Waals surface area contributed by atoms with Crippen LogP contribution in [0, 0.1) is 0 Å². The molecule has 0 aliphatic carbocycles. The van der Waals surface area contributed by atoms with E-state index in [0.29, 0.717) is 5.92 Å². The van der Waals surface area contributed by atoms with Gasteiger partial charge in [0.2, 0.25) is 0 Å². The Morgan fingerprint density at radius 2 is 1.75 bits per heavy atom. The van der Waals surface area contributed by atoms with E-state index in [1.54, 1.807) is 7.11 Å². The minimum atomic E-state index is 0. The van der Waals surface area contributed by atoms with Gasteiger partial charge in [0.15, 0.2) is 0 Å². The van der Waals surface area contributed by atoms with Crippen molar-refractivity contribution in [3.8, 4) is 5.75 Å². The molecule has 0 aliphatic heterocycles. The van der Waals surface area contributed by atoms with Gasteiger partial charge in [-0.1, -0.05) is 32.0 Å². The molecule has 0 unspecified atom stereocenters. The lowest BCUT2D eigenvalue weighted by atomic mass is 10.0. The second kappa shape index (κ2) is 4.78. The van der Waals surface area contributed by atoms with Crippen LogP contribution >= 0.6 is 0 Å². The van der Waals surface area contributed by atoms with Crippen LogP contribution in [0.1, 0.15) is 25.3 Å². The summed E-state index contributed by atoms with van der Waals surface area (Å²) in [6, 6.07) is 8.13. The van der Waals surface area contributed by atoms with Crippen LogP contribution in [-0.4, -0.2) is 7.11 Å². The average molecular weight is 167 g/mol. The summed E-state index contributed by atoms with van der Waals surface area (Å²) in [6.07, 6.45) is 0. The van der Waals surface area contributed by atoms with E-state index in [-0.39, 0.29) is 6.15 Å². The second-order valence-corrected chi connectivity index (χ2v) is 2.90. The van der Waals surface area contributed by atoms with Crippen molar-refractivity contribution in [3.05, 3.63) is 29.8 Å². The molecule has 0 spiro atoms. The minimum absolute atomic E-state index is 0. The molecule has 1 aromatic carbocycles. The maximum absolute atomic E-state index is 5.21. The number of hydrogen-bond donors (Lipinski definition) is 1. The van der Waals surface area contributed by atoms with Gasteiger partial charge in [0.1, 0.15) is 5.75 Å². The maximum Gasteiger partial charge on any atom is 0.122 e. The van der Waals surface area contributed by atoms with Crippen LogP contribution in [0.2, 0.25) is 0 Å². The van der Waals surface area contributed by atoms with E-state index >= 15 is 0 Å². The van der Waals surface area contributed by atoms with Gasteiger partial charge >= 0.3 is 0 Å². The first-order valence-electron chi connectivity index (χ1n) is 3.88. The van der Waals surface area contributed by atoms with Crippen LogP contribution in [0.3, 0.4) is 0 Å². The molecule has 0 saturated carbocycles. The predicted octanol–water partition coefficient (Wildman–Crippen LogP) is 2.98. The van der Waals surface area contributed by atoms with Crippen molar-refractivity contribution in [2.75, 3.05) is 7.11 Å². The number of benzene rings is 1. The molecule has 0 bridgehead atoms. The molecular formula is C10H17NO. The van der Waals surface area contributed by atoms with Crippen LogP contribution in [0.25, 0.3) is 0 Å². The van der Waals surface area contributed by atoms with Gasteiger partial charge in [-0.05, 0) is 17.5 Å². The van der Waals surface area contributed by atoms with Gasteiger partial charge in [0.25, 0.3) is 0 Å². The maximum atomic E-state index is 5.21. The highest BCUT2D eigenvalue weighted by Gasteiger charge is 2.03. The zero-order valence-electron chi connectivity index (χ0n) is 8.00. The van der Waals surface area contributed by atoms with Gasteiger partial charge < -0.3 is 10.9 Å². The summed E-state index contributed by atoms with van der Waals surface area (Å²) in [6.45, 7) is 4.33. The SMILES string of the molecule is COc1ccccc1C(C)C.N. The average Bonchev–Trinajstić information content (AvgIpc) is 2.04. The lowest BCUT2D eigenvalue weighted by molar-refractivity contribution is 0.407. The Hall–Kier alpha value is -1.02.